The van der Waals surface area contributed by atoms with E-state index in [2.05, 4.69) is 18.7 Å². The maximum absolute atomic E-state index is 12.5. The highest BCUT2D eigenvalue weighted by Gasteiger charge is 2.24. The smallest absolute Gasteiger partial charge is 0.257 e. The second-order valence-corrected chi connectivity index (χ2v) is 5.12. The van der Waals surface area contributed by atoms with Crippen molar-refractivity contribution < 1.29 is 9.53 Å². The molecule has 1 saturated heterocycles. The SMILES string of the molecule is COc1ccccc1C(=O)N1CCN(C(C)C)CC1. The summed E-state index contributed by atoms with van der Waals surface area (Å²) in [4.78, 5) is 16.8. The van der Waals surface area contributed by atoms with Gasteiger partial charge in [-0.25, -0.2) is 0 Å². The molecule has 2 rings (SSSR count). The molecule has 19 heavy (non-hydrogen) atoms. The van der Waals surface area contributed by atoms with Crippen LogP contribution in [0.4, 0.5) is 0 Å². The van der Waals surface area contributed by atoms with Gasteiger partial charge in [-0.3, -0.25) is 9.69 Å². The standard InChI is InChI=1S/C15H22N2O2/c1-12(2)16-8-10-17(11-9-16)15(18)13-6-4-5-7-14(13)19-3/h4-7,12H,8-11H2,1-3H3. The molecule has 1 aliphatic heterocycles. The van der Waals surface area contributed by atoms with Gasteiger partial charge in [-0.2, -0.15) is 0 Å². The Labute approximate surface area is 115 Å². The third-order valence-electron chi connectivity index (χ3n) is 3.67. The van der Waals surface area contributed by atoms with Gasteiger partial charge in [0.2, 0.25) is 0 Å². The van der Waals surface area contributed by atoms with E-state index in [-0.39, 0.29) is 5.91 Å². The first kappa shape index (κ1) is 13.9. The van der Waals surface area contributed by atoms with Crippen molar-refractivity contribution >= 4 is 5.91 Å². The van der Waals surface area contributed by atoms with Crippen LogP contribution >= 0.6 is 0 Å². The van der Waals surface area contributed by atoms with E-state index >= 15 is 0 Å². The van der Waals surface area contributed by atoms with Crippen LogP contribution in [0.5, 0.6) is 5.75 Å². The van der Waals surface area contributed by atoms with Gasteiger partial charge in [0, 0.05) is 32.2 Å². The lowest BCUT2D eigenvalue weighted by atomic mass is 10.1. The molecular weight excluding hydrogens is 240 g/mol. The van der Waals surface area contributed by atoms with Crippen LogP contribution in [0.15, 0.2) is 24.3 Å². The number of carbonyl (C=O) groups is 1. The van der Waals surface area contributed by atoms with Gasteiger partial charge >= 0.3 is 0 Å². The molecule has 0 bridgehead atoms. The number of para-hydroxylation sites is 1. The molecular formula is C15H22N2O2. The summed E-state index contributed by atoms with van der Waals surface area (Å²) in [5.74, 6) is 0.722. The normalized spacial score (nSPS) is 16.7. The van der Waals surface area contributed by atoms with Crippen LogP contribution in [-0.4, -0.2) is 55.0 Å². The van der Waals surface area contributed by atoms with Gasteiger partial charge in [0.05, 0.1) is 12.7 Å². The van der Waals surface area contributed by atoms with Crippen LogP contribution in [-0.2, 0) is 0 Å². The van der Waals surface area contributed by atoms with E-state index < -0.39 is 0 Å². The predicted octanol–water partition coefficient (Wildman–Crippen LogP) is 1.86. The van der Waals surface area contributed by atoms with Crippen LogP contribution < -0.4 is 4.74 Å². The summed E-state index contributed by atoms with van der Waals surface area (Å²) in [5, 5.41) is 0. The zero-order valence-electron chi connectivity index (χ0n) is 11.9. The molecule has 0 aromatic heterocycles. The molecule has 1 amide bonds. The minimum absolute atomic E-state index is 0.0702. The van der Waals surface area contributed by atoms with Gasteiger partial charge < -0.3 is 9.64 Å². The minimum atomic E-state index is 0.0702. The van der Waals surface area contributed by atoms with E-state index in [1.807, 2.05) is 29.2 Å². The lowest BCUT2D eigenvalue weighted by Crippen LogP contribution is -2.50. The number of ether oxygens (including phenoxy) is 1. The summed E-state index contributed by atoms with van der Waals surface area (Å²) in [5.41, 5.74) is 0.656. The van der Waals surface area contributed by atoms with E-state index in [0.29, 0.717) is 17.4 Å². The number of amides is 1. The van der Waals surface area contributed by atoms with Gasteiger partial charge in [-0.05, 0) is 26.0 Å². The molecule has 4 nitrogen and oxygen atoms in total. The Morgan fingerprint density at radius 1 is 1.16 bits per heavy atom. The van der Waals surface area contributed by atoms with E-state index in [9.17, 15) is 4.79 Å². The summed E-state index contributed by atoms with van der Waals surface area (Å²) < 4.78 is 5.26. The molecule has 0 unspecified atom stereocenters. The Morgan fingerprint density at radius 3 is 2.37 bits per heavy atom. The molecule has 4 heteroatoms. The molecule has 104 valence electrons. The summed E-state index contributed by atoms with van der Waals surface area (Å²) in [6.45, 7) is 7.84. The fraction of sp³-hybridized carbons (Fsp3) is 0.533. The average molecular weight is 262 g/mol. The van der Waals surface area contributed by atoms with Crippen molar-refractivity contribution in [1.29, 1.82) is 0 Å². The Bertz CT molecular complexity index is 438. The maximum atomic E-state index is 12.5. The highest BCUT2D eigenvalue weighted by molar-refractivity contribution is 5.97. The molecule has 0 saturated carbocycles. The van der Waals surface area contributed by atoms with Gasteiger partial charge in [0.1, 0.15) is 5.75 Å². The van der Waals surface area contributed by atoms with Crippen LogP contribution in [0.25, 0.3) is 0 Å². The summed E-state index contributed by atoms with van der Waals surface area (Å²) in [6, 6.07) is 7.96. The lowest BCUT2D eigenvalue weighted by Gasteiger charge is -2.37. The first-order chi connectivity index (χ1) is 9.13. The monoisotopic (exact) mass is 262 g/mol. The van der Waals surface area contributed by atoms with Crippen LogP contribution in [0, 0.1) is 0 Å². The Balaban J connectivity index is 2.05. The van der Waals surface area contributed by atoms with Crippen molar-refractivity contribution in [2.75, 3.05) is 33.3 Å². The third kappa shape index (κ3) is 3.07. The zero-order valence-corrected chi connectivity index (χ0v) is 11.9. The van der Waals surface area contributed by atoms with Gasteiger partial charge in [0.25, 0.3) is 5.91 Å². The quantitative estimate of drug-likeness (QED) is 0.833. The van der Waals surface area contributed by atoms with Gasteiger partial charge in [0.15, 0.2) is 0 Å². The number of rotatable bonds is 3. The number of nitrogens with zero attached hydrogens (tertiary/aromatic N) is 2. The third-order valence-corrected chi connectivity index (χ3v) is 3.67. The second-order valence-electron chi connectivity index (χ2n) is 5.12. The Morgan fingerprint density at radius 2 is 1.79 bits per heavy atom. The average Bonchev–Trinajstić information content (AvgIpc) is 2.46. The largest absolute Gasteiger partial charge is 0.496 e. The lowest BCUT2D eigenvalue weighted by molar-refractivity contribution is 0.0592. The Kier molecular flexibility index (Phi) is 4.43. The summed E-state index contributed by atoms with van der Waals surface area (Å²) in [7, 11) is 1.60. The summed E-state index contributed by atoms with van der Waals surface area (Å²) >= 11 is 0. The van der Waals surface area contributed by atoms with Crippen molar-refractivity contribution in [2.24, 2.45) is 0 Å². The highest BCUT2D eigenvalue weighted by atomic mass is 16.5. The number of methoxy groups -OCH3 is 1. The molecule has 0 spiro atoms. The van der Waals surface area contributed by atoms with Crippen molar-refractivity contribution in [1.82, 2.24) is 9.80 Å². The zero-order chi connectivity index (χ0) is 13.8. The first-order valence-corrected chi connectivity index (χ1v) is 6.80. The number of benzene rings is 1. The predicted molar refractivity (Wildman–Crippen MR) is 75.6 cm³/mol. The minimum Gasteiger partial charge on any atom is -0.496 e. The number of piperazine rings is 1. The molecule has 1 aliphatic rings. The second kappa shape index (κ2) is 6.06. The topological polar surface area (TPSA) is 32.8 Å². The van der Waals surface area contributed by atoms with E-state index in [0.717, 1.165) is 26.2 Å². The molecule has 1 fully saturated rings. The van der Waals surface area contributed by atoms with Crippen LogP contribution in [0.2, 0.25) is 0 Å². The van der Waals surface area contributed by atoms with Crippen molar-refractivity contribution in [3.8, 4) is 5.75 Å². The van der Waals surface area contributed by atoms with E-state index in [1.54, 1.807) is 7.11 Å². The van der Waals surface area contributed by atoms with Crippen molar-refractivity contribution in [2.45, 2.75) is 19.9 Å². The summed E-state index contributed by atoms with van der Waals surface area (Å²) in [6.07, 6.45) is 0. The number of hydrogen-bond acceptors (Lipinski definition) is 3. The van der Waals surface area contributed by atoms with Crippen molar-refractivity contribution in [3.05, 3.63) is 29.8 Å². The molecule has 1 aromatic rings. The van der Waals surface area contributed by atoms with E-state index in [4.69, 9.17) is 4.74 Å². The first-order valence-electron chi connectivity index (χ1n) is 6.80. The number of carbonyl (C=O) groups excluding carboxylic acids is 1. The van der Waals surface area contributed by atoms with Gasteiger partial charge in [-0.1, -0.05) is 12.1 Å². The molecule has 0 N–H and O–H groups in total. The molecule has 0 atom stereocenters. The maximum Gasteiger partial charge on any atom is 0.257 e. The Hall–Kier alpha value is -1.55. The van der Waals surface area contributed by atoms with E-state index in [1.165, 1.54) is 0 Å². The fourth-order valence-corrected chi connectivity index (χ4v) is 2.43. The van der Waals surface area contributed by atoms with Gasteiger partial charge in [-0.15, -0.1) is 0 Å². The number of hydrogen-bond donors (Lipinski definition) is 0. The molecule has 1 aromatic carbocycles. The molecule has 1 heterocycles. The van der Waals surface area contributed by atoms with Crippen molar-refractivity contribution in [3.63, 3.8) is 0 Å². The molecule has 0 aliphatic carbocycles. The molecule has 0 radical (unpaired) electrons. The highest BCUT2D eigenvalue weighted by Crippen LogP contribution is 2.20. The fourth-order valence-electron chi connectivity index (χ4n) is 2.43. The van der Waals surface area contributed by atoms with Crippen LogP contribution in [0.1, 0.15) is 24.2 Å². The van der Waals surface area contributed by atoms with Crippen LogP contribution in [0.3, 0.4) is 0 Å².